The number of carboxylic acid groups (broad SMARTS) is 1. The Hall–Kier alpha value is -1.56. The molecule has 5 nitrogen and oxygen atoms in total. The molecule has 0 aromatic heterocycles. The molecule has 0 atom stereocenters. The lowest BCUT2D eigenvalue weighted by Crippen LogP contribution is -2.40. The van der Waals surface area contributed by atoms with Crippen molar-refractivity contribution in [3.05, 3.63) is 28.2 Å². The number of amides is 2. The predicted octanol–water partition coefficient (Wildman–Crippen LogP) is 3.41. The molecule has 2 amide bonds. The van der Waals surface area contributed by atoms with Crippen molar-refractivity contribution < 1.29 is 14.7 Å². The maximum Gasteiger partial charge on any atom is 0.336 e. The van der Waals surface area contributed by atoms with Gasteiger partial charge in [0.1, 0.15) is 0 Å². The van der Waals surface area contributed by atoms with Crippen LogP contribution in [0.2, 0.25) is 0 Å². The Morgan fingerprint density at radius 1 is 1.35 bits per heavy atom. The number of aromatic carboxylic acids is 1. The van der Waals surface area contributed by atoms with Gasteiger partial charge in [0.2, 0.25) is 0 Å². The van der Waals surface area contributed by atoms with E-state index >= 15 is 0 Å². The summed E-state index contributed by atoms with van der Waals surface area (Å²) in [6, 6.07) is 4.59. The van der Waals surface area contributed by atoms with E-state index in [0.29, 0.717) is 16.1 Å². The standard InChI is InChI=1S/C14H17BrN2O3/c1-9-4-6-17(7-5-9)14(20)16-10-2-3-12(15)11(8-10)13(18)19/h2-3,8-9H,4-7H2,1H3,(H,16,20)(H,18,19). The zero-order valence-electron chi connectivity index (χ0n) is 11.2. The molecule has 1 heterocycles. The molecule has 1 aromatic rings. The van der Waals surface area contributed by atoms with Crippen LogP contribution in [0, 0.1) is 5.92 Å². The summed E-state index contributed by atoms with van der Waals surface area (Å²) in [7, 11) is 0. The van der Waals surface area contributed by atoms with Gasteiger partial charge in [-0.2, -0.15) is 0 Å². The van der Waals surface area contributed by atoms with Crippen LogP contribution >= 0.6 is 15.9 Å². The fourth-order valence-corrected chi connectivity index (χ4v) is 2.60. The monoisotopic (exact) mass is 340 g/mol. The number of carbonyl (C=O) groups is 2. The first-order valence-corrected chi connectivity index (χ1v) is 7.35. The highest BCUT2D eigenvalue weighted by Crippen LogP contribution is 2.22. The largest absolute Gasteiger partial charge is 0.478 e. The van der Waals surface area contributed by atoms with Crippen molar-refractivity contribution in [1.82, 2.24) is 4.90 Å². The second-order valence-corrected chi connectivity index (χ2v) is 5.95. The van der Waals surface area contributed by atoms with Gasteiger partial charge in [0.25, 0.3) is 0 Å². The number of carbonyl (C=O) groups excluding carboxylic acids is 1. The Kier molecular flexibility index (Phi) is 4.65. The van der Waals surface area contributed by atoms with Crippen molar-refractivity contribution >= 4 is 33.6 Å². The van der Waals surface area contributed by atoms with Crippen LogP contribution in [-0.4, -0.2) is 35.1 Å². The van der Waals surface area contributed by atoms with E-state index in [1.54, 1.807) is 17.0 Å². The van der Waals surface area contributed by atoms with Crippen molar-refractivity contribution in [2.24, 2.45) is 5.92 Å². The number of nitrogens with one attached hydrogen (secondary N) is 1. The third-order valence-corrected chi connectivity index (χ3v) is 4.21. The highest BCUT2D eigenvalue weighted by atomic mass is 79.9. The minimum atomic E-state index is -1.03. The van der Waals surface area contributed by atoms with Crippen molar-refractivity contribution in [2.75, 3.05) is 18.4 Å². The van der Waals surface area contributed by atoms with Gasteiger partial charge >= 0.3 is 12.0 Å². The van der Waals surface area contributed by atoms with E-state index in [9.17, 15) is 9.59 Å². The Morgan fingerprint density at radius 2 is 2.00 bits per heavy atom. The van der Waals surface area contributed by atoms with Gasteiger partial charge in [-0.1, -0.05) is 6.92 Å². The molecule has 2 rings (SSSR count). The lowest BCUT2D eigenvalue weighted by molar-refractivity contribution is 0.0696. The first-order valence-electron chi connectivity index (χ1n) is 6.56. The number of benzene rings is 1. The lowest BCUT2D eigenvalue weighted by atomic mass is 10.00. The van der Waals surface area contributed by atoms with Gasteiger partial charge in [0, 0.05) is 23.2 Å². The van der Waals surface area contributed by atoms with Crippen LogP contribution in [0.4, 0.5) is 10.5 Å². The molecular weight excluding hydrogens is 324 g/mol. The number of rotatable bonds is 2. The first-order chi connectivity index (χ1) is 9.47. The minimum Gasteiger partial charge on any atom is -0.478 e. The van der Waals surface area contributed by atoms with Crippen molar-refractivity contribution in [1.29, 1.82) is 0 Å². The van der Waals surface area contributed by atoms with Crippen LogP contribution in [0.1, 0.15) is 30.1 Å². The van der Waals surface area contributed by atoms with Crippen LogP contribution in [0.5, 0.6) is 0 Å². The molecule has 0 unspecified atom stereocenters. The molecule has 0 aliphatic carbocycles. The average molecular weight is 341 g/mol. The maximum absolute atomic E-state index is 12.1. The number of hydrogen-bond donors (Lipinski definition) is 2. The summed E-state index contributed by atoms with van der Waals surface area (Å²) < 4.78 is 0.495. The highest BCUT2D eigenvalue weighted by Gasteiger charge is 2.20. The summed E-state index contributed by atoms with van der Waals surface area (Å²) in [4.78, 5) is 24.9. The quantitative estimate of drug-likeness (QED) is 0.866. The van der Waals surface area contributed by atoms with Gasteiger partial charge < -0.3 is 15.3 Å². The molecule has 20 heavy (non-hydrogen) atoms. The molecule has 1 saturated heterocycles. The topological polar surface area (TPSA) is 69.6 Å². The van der Waals surface area contributed by atoms with Gasteiger partial charge in [-0.15, -0.1) is 0 Å². The summed E-state index contributed by atoms with van der Waals surface area (Å²) in [6.07, 6.45) is 2.02. The second kappa shape index (κ2) is 6.26. The number of nitrogens with zero attached hydrogens (tertiary/aromatic N) is 1. The SMILES string of the molecule is CC1CCN(C(=O)Nc2ccc(Br)c(C(=O)O)c2)CC1. The zero-order valence-corrected chi connectivity index (χ0v) is 12.8. The maximum atomic E-state index is 12.1. The van der Waals surface area contributed by atoms with Crippen molar-refractivity contribution in [3.8, 4) is 0 Å². The molecule has 0 bridgehead atoms. The molecule has 1 aromatic carbocycles. The number of anilines is 1. The Labute approximate surface area is 126 Å². The number of halogens is 1. The van der Waals surface area contributed by atoms with Crippen molar-refractivity contribution in [3.63, 3.8) is 0 Å². The van der Waals surface area contributed by atoms with Crippen LogP contribution in [0.25, 0.3) is 0 Å². The molecular formula is C14H17BrN2O3. The molecule has 1 aliphatic rings. The number of urea groups is 1. The van der Waals surface area contributed by atoms with E-state index in [1.807, 2.05) is 0 Å². The summed E-state index contributed by atoms with van der Waals surface area (Å²) in [5.74, 6) is -0.370. The lowest BCUT2D eigenvalue weighted by Gasteiger charge is -2.30. The molecule has 1 aliphatic heterocycles. The van der Waals surface area contributed by atoms with Crippen LogP contribution < -0.4 is 5.32 Å². The van der Waals surface area contributed by atoms with E-state index < -0.39 is 5.97 Å². The first kappa shape index (κ1) is 14.8. The van der Waals surface area contributed by atoms with E-state index in [4.69, 9.17) is 5.11 Å². The van der Waals surface area contributed by atoms with Gasteiger partial charge in [0.15, 0.2) is 0 Å². The van der Waals surface area contributed by atoms with E-state index in [-0.39, 0.29) is 11.6 Å². The number of carboxylic acids is 1. The number of hydrogen-bond acceptors (Lipinski definition) is 2. The smallest absolute Gasteiger partial charge is 0.336 e. The molecule has 0 saturated carbocycles. The third-order valence-electron chi connectivity index (χ3n) is 3.52. The van der Waals surface area contributed by atoms with Gasteiger partial charge in [-0.05, 0) is 52.9 Å². The van der Waals surface area contributed by atoms with Crippen LogP contribution in [0.15, 0.2) is 22.7 Å². The summed E-state index contributed by atoms with van der Waals surface area (Å²) in [5, 5.41) is 11.8. The van der Waals surface area contributed by atoms with Crippen LogP contribution in [0.3, 0.4) is 0 Å². The van der Waals surface area contributed by atoms with Gasteiger partial charge in [0.05, 0.1) is 5.56 Å². The molecule has 0 radical (unpaired) electrons. The summed E-state index contributed by atoms with van der Waals surface area (Å²) in [5.41, 5.74) is 0.629. The summed E-state index contributed by atoms with van der Waals surface area (Å²) >= 11 is 3.18. The molecule has 1 fully saturated rings. The molecule has 6 heteroatoms. The Morgan fingerprint density at radius 3 is 2.60 bits per heavy atom. The molecule has 0 spiro atoms. The summed E-state index contributed by atoms with van der Waals surface area (Å²) in [6.45, 7) is 3.67. The molecule has 108 valence electrons. The fraction of sp³-hybridized carbons (Fsp3) is 0.429. The van der Waals surface area contributed by atoms with E-state index in [0.717, 1.165) is 25.9 Å². The number of piperidine rings is 1. The normalized spacial score (nSPS) is 16.0. The zero-order chi connectivity index (χ0) is 14.7. The minimum absolute atomic E-state index is 0.134. The third kappa shape index (κ3) is 3.50. The number of likely N-dealkylation sites (tertiary alicyclic amines) is 1. The van der Waals surface area contributed by atoms with E-state index in [1.165, 1.54) is 6.07 Å². The Balaban J connectivity index is 2.04. The van der Waals surface area contributed by atoms with Crippen molar-refractivity contribution in [2.45, 2.75) is 19.8 Å². The van der Waals surface area contributed by atoms with Gasteiger partial charge in [-0.3, -0.25) is 0 Å². The van der Waals surface area contributed by atoms with Crippen LogP contribution in [-0.2, 0) is 0 Å². The average Bonchev–Trinajstić information content (AvgIpc) is 2.41. The Bertz CT molecular complexity index is 525. The van der Waals surface area contributed by atoms with E-state index in [2.05, 4.69) is 28.2 Å². The molecule has 2 N–H and O–H groups in total. The van der Waals surface area contributed by atoms with Gasteiger partial charge in [-0.25, -0.2) is 9.59 Å². The fourth-order valence-electron chi connectivity index (χ4n) is 2.18. The predicted molar refractivity (Wildman–Crippen MR) is 80.1 cm³/mol. The second-order valence-electron chi connectivity index (χ2n) is 5.10. The highest BCUT2D eigenvalue weighted by molar-refractivity contribution is 9.10.